The number of carbonyl (C=O) groups is 1. The highest BCUT2D eigenvalue weighted by molar-refractivity contribution is 5.85. The van der Waals surface area contributed by atoms with Gasteiger partial charge in [-0.2, -0.15) is 0 Å². The number of nitrogens with one attached hydrogen (secondary N) is 1. The lowest BCUT2D eigenvalue weighted by molar-refractivity contribution is -0.135. The van der Waals surface area contributed by atoms with Crippen molar-refractivity contribution in [1.82, 2.24) is 15.1 Å². The lowest BCUT2D eigenvalue weighted by Gasteiger charge is -2.27. The molecule has 3 fully saturated rings. The minimum atomic E-state index is 0. The van der Waals surface area contributed by atoms with Crippen LogP contribution in [-0.4, -0.2) is 61.5 Å². The Morgan fingerprint density at radius 1 is 1.05 bits per heavy atom. The van der Waals surface area contributed by atoms with Gasteiger partial charge in [0.25, 0.3) is 0 Å². The fourth-order valence-electron chi connectivity index (χ4n) is 3.83. The summed E-state index contributed by atoms with van der Waals surface area (Å²) in [5.74, 6) is 1.38. The second-order valence-electron chi connectivity index (χ2n) is 6.49. The van der Waals surface area contributed by atoms with Crippen LogP contribution in [0.2, 0.25) is 0 Å². The second kappa shape index (κ2) is 9.19. The molecule has 0 radical (unpaired) electrons. The fourth-order valence-corrected chi connectivity index (χ4v) is 3.83. The molecule has 3 aliphatic rings. The van der Waals surface area contributed by atoms with Crippen molar-refractivity contribution in [3.8, 4) is 0 Å². The number of halogens is 2. The van der Waals surface area contributed by atoms with Gasteiger partial charge in [0.05, 0.1) is 5.92 Å². The molecule has 3 aliphatic heterocycles. The summed E-state index contributed by atoms with van der Waals surface area (Å²) in [6.07, 6.45) is 6.18. The van der Waals surface area contributed by atoms with Crippen molar-refractivity contribution in [2.45, 2.75) is 32.1 Å². The molecule has 0 saturated carbocycles. The number of rotatable bonds is 3. The molecule has 1 N–H and O–H groups in total. The number of amides is 1. The van der Waals surface area contributed by atoms with Gasteiger partial charge in [0, 0.05) is 26.2 Å². The lowest BCUT2D eigenvalue weighted by atomic mass is 9.98. The number of carbonyl (C=O) groups excluding carboxylic acids is 1. The van der Waals surface area contributed by atoms with Gasteiger partial charge in [-0.15, -0.1) is 24.8 Å². The summed E-state index contributed by atoms with van der Waals surface area (Å²) >= 11 is 0. The molecule has 2 atom stereocenters. The van der Waals surface area contributed by atoms with E-state index in [4.69, 9.17) is 0 Å². The maximum Gasteiger partial charge on any atom is 0.226 e. The van der Waals surface area contributed by atoms with Crippen LogP contribution in [-0.2, 0) is 4.79 Å². The predicted molar refractivity (Wildman–Crippen MR) is 90.5 cm³/mol. The molecular weight excluding hydrogens is 309 g/mol. The zero-order valence-electron chi connectivity index (χ0n) is 12.8. The quantitative estimate of drug-likeness (QED) is 0.852. The number of hydrogen-bond acceptors (Lipinski definition) is 3. The Kier molecular flexibility index (Phi) is 8.32. The van der Waals surface area contributed by atoms with Gasteiger partial charge in [0.1, 0.15) is 0 Å². The molecule has 3 rings (SSSR count). The molecule has 2 unspecified atom stereocenters. The van der Waals surface area contributed by atoms with Gasteiger partial charge in [-0.25, -0.2) is 0 Å². The Hall–Kier alpha value is -0.0300. The van der Waals surface area contributed by atoms with Crippen LogP contribution in [0.5, 0.6) is 0 Å². The second-order valence-corrected chi connectivity index (χ2v) is 6.49. The molecule has 0 aromatic heterocycles. The van der Waals surface area contributed by atoms with E-state index in [1.54, 1.807) is 0 Å². The maximum atomic E-state index is 12.5. The SMILES string of the molecule is Cl.Cl.O=C(C1CCCNC1)N1CCC(CN2CCCC2)C1. The standard InChI is InChI=1S/C15H27N3O.2ClH/c19-15(14-4-3-6-16-10-14)18-9-5-13(12-18)11-17-7-1-2-8-17;;/h13-14,16H,1-12H2;2*1H. The van der Waals surface area contributed by atoms with Crippen LogP contribution < -0.4 is 5.32 Å². The van der Waals surface area contributed by atoms with Gasteiger partial charge in [-0.3, -0.25) is 4.79 Å². The van der Waals surface area contributed by atoms with Crippen molar-refractivity contribution in [3.63, 3.8) is 0 Å². The molecule has 124 valence electrons. The summed E-state index contributed by atoms with van der Waals surface area (Å²) in [5, 5.41) is 3.35. The normalized spacial score (nSPS) is 29.8. The van der Waals surface area contributed by atoms with Crippen molar-refractivity contribution in [2.75, 3.05) is 45.8 Å². The van der Waals surface area contributed by atoms with Crippen molar-refractivity contribution in [2.24, 2.45) is 11.8 Å². The van der Waals surface area contributed by atoms with Gasteiger partial charge in [0.15, 0.2) is 0 Å². The van der Waals surface area contributed by atoms with Crippen molar-refractivity contribution >= 4 is 30.7 Å². The lowest BCUT2D eigenvalue weighted by Crippen LogP contribution is -2.42. The molecule has 6 heteroatoms. The minimum absolute atomic E-state index is 0. The molecule has 3 saturated heterocycles. The third kappa shape index (κ3) is 4.98. The average Bonchev–Trinajstić information content (AvgIpc) is 3.11. The summed E-state index contributed by atoms with van der Waals surface area (Å²) < 4.78 is 0. The van der Waals surface area contributed by atoms with Gasteiger partial charge >= 0.3 is 0 Å². The van der Waals surface area contributed by atoms with Crippen LogP contribution in [0.15, 0.2) is 0 Å². The number of nitrogens with zero attached hydrogens (tertiary/aromatic N) is 2. The van der Waals surface area contributed by atoms with E-state index in [1.165, 1.54) is 38.9 Å². The number of piperidine rings is 1. The summed E-state index contributed by atoms with van der Waals surface area (Å²) in [6.45, 7) is 7.74. The van der Waals surface area contributed by atoms with Crippen LogP contribution in [0, 0.1) is 11.8 Å². The highest BCUT2D eigenvalue weighted by Gasteiger charge is 2.32. The summed E-state index contributed by atoms with van der Waals surface area (Å²) in [7, 11) is 0. The van der Waals surface area contributed by atoms with Crippen LogP contribution in [0.4, 0.5) is 0 Å². The Morgan fingerprint density at radius 3 is 2.48 bits per heavy atom. The van der Waals surface area contributed by atoms with E-state index in [9.17, 15) is 4.79 Å². The van der Waals surface area contributed by atoms with E-state index in [-0.39, 0.29) is 30.7 Å². The maximum absolute atomic E-state index is 12.5. The Labute approximate surface area is 140 Å². The molecular formula is C15H29Cl2N3O. The van der Waals surface area contributed by atoms with Crippen LogP contribution in [0.3, 0.4) is 0 Å². The van der Waals surface area contributed by atoms with E-state index in [2.05, 4.69) is 15.1 Å². The Bertz CT molecular complexity index is 318. The van der Waals surface area contributed by atoms with E-state index in [0.717, 1.165) is 44.9 Å². The van der Waals surface area contributed by atoms with E-state index >= 15 is 0 Å². The van der Waals surface area contributed by atoms with Gasteiger partial charge in [0.2, 0.25) is 5.91 Å². The third-order valence-electron chi connectivity index (χ3n) is 4.96. The predicted octanol–water partition coefficient (Wildman–Crippen LogP) is 1.77. The topological polar surface area (TPSA) is 35.6 Å². The fraction of sp³-hybridized carbons (Fsp3) is 0.933. The molecule has 1 amide bonds. The monoisotopic (exact) mass is 337 g/mol. The van der Waals surface area contributed by atoms with Crippen LogP contribution in [0.1, 0.15) is 32.1 Å². The van der Waals surface area contributed by atoms with E-state index in [0.29, 0.717) is 5.91 Å². The van der Waals surface area contributed by atoms with Gasteiger partial charge in [-0.05, 0) is 57.7 Å². The van der Waals surface area contributed by atoms with Crippen LogP contribution in [0.25, 0.3) is 0 Å². The molecule has 0 aromatic carbocycles. The van der Waals surface area contributed by atoms with Gasteiger partial charge < -0.3 is 15.1 Å². The Balaban J connectivity index is 0.00000110. The zero-order chi connectivity index (χ0) is 13.1. The van der Waals surface area contributed by atoms with Crippen molar-refractivity contribution in [3.05, 3.63) is 0 Å². The first-order valence-electron chi connectivity index (χ1n) is 8.05. The summed E-state index contributed by atoms with van der Waals surface area (Å²) in [6, 6.07) is 0. The highest BCUT2D eigenvalue weighted by atomic mass is 35.5. The van der Waals surface area contributed by atoms with Crippen LogP contribution >= 0.6 is 24.8 Å². The molecule has 4 nitrogen and oxygen atoms in total. The third-order valence-corrected chi connectivity index (χ3v) is 4.96. The van der Waals surface area contributed by atoms with Crippen molar-refractivity contribution < 1.29 is 4.79 Å². The zero-order valence-corrected chi connectivity index (χ0v) is 14.4. The van der Waals surface area contributed by atoms with Gasteiger partial charge in [-0.1, -0.05) is 0 Å². The van der Waals surface area contributed by atoms with E-state index < -0.39 is 0 Å². The average molecular weight is 338 g/mol. The minimum Gasteiger partial charge on any atom is -0.342 e. The first-order valence-corrected chi connectivity index (χ1v) is 8.05. The summed E-state index contributed by atoms with van der Waals surface area (Å²) in [5.41, 5.74) is 0. The molecule has 3 heterocycles. The van der Waals surface area contributed by atoms with E-state index in [1.807, 2.05) is 0 Å². The molecule has 0 spiro atoms. The smallest absolute Gasteiger partial charge is 0.226 e. The molecule has 0 bridgehead atoms. The molecule has 21 heavy (non-hydrogen) atoms. The largest absolute Gasteiger partial charge is 0.342 e. The summed E-state index contributed by atoms with van der Waals surface area (Å²) in [4.78, 5) is 17.2. The highest BCUT2D eigenvalue weighted by Crippen LogP contribution is 2.23. The first kappa shape index (κ1) is 19.0. The first-order chi connectivity index (χ1) is 9.33. The molecule has 0 aromatic rings. The van der Waals surface area contributed by atoms with Crippen molar-refractivity contribution in [1.29, 1.82) is 0 Å². The Morgan fingerprint density at radius 2 is 1.81 bits per heavy atom. The molecule has 0 aliphatic carbocycles. The number of likely N-dealkylation sites (tertiary alicyclic amines) is 2. The number of hydrogen-bond donors (Lipinski definition) is 1.